The van der Waals surface area contributed by atoms with Crippen molar-refractivity contribution >= 4 is 33.4 Å². The van der Waals surface area contributed by atoms with Crippen LogP contribution in [-0.4, -0.2) is 36.9 Å². The second-order valence-electron chi connectivity index (χ2n) is 5.59. The third kappa shape index (κ3) is 6.28. The topological polar surface area (TPSA) is 58.6 Å². The zero-order chi connectivity index (χ0) is 20.0. The lowest BCUT2D eigenvalue weighted by molar-refractivity contribution is -0.137. The van der Waals surface area contributed by atoms with Gasteiger partial charge in [0.15, 0.2) is 6.61 Å². The summed E-state index contributed by atoms with van der Waals surface area (Å²) < 4.78 is 43.8. The highest BCUT2D eigenvalue weighted by Crippen LogP contribution is 2.31. The van der Waals surface area contributed by atoms with Gasteiger partial charge in [-0.1, -0.05) is 18.2 Å². The summed E-state index contributed by atoms with van der Waals surface area (Å²) in [5.41, 5.74) is -0.308. The van der Waals surface area contributed by atoms with Gasteiger partial charge < -0.3 is 15.0 Å². The fraction of sp³-hybridized carbons (Fsp3) is 0.222. The quantitative estimate of drug-likeness (QED) is 0.733. The Balaban J connectivity index is 1.87. The number of nitrogens with one attached hydrogen (secondary N) is 1. The number of benzene rings is 2. The van der Waals surface area contributed by atoms with Crippen LogP contribution in [0.3, 0.4) is 0 Å². The molecule has 0 aromatic heterocycles. The van der Waals surface area contributed by atoms with Crippen LogP contribution in [-0.2, 0) is 15.8 Å². The van der Waals surface area contributed by atoms with E-state index in [2.05, 4.69) is 21.2 Å². The molecule has 5 nitrogen and oxygen atoms in total. The van der Waals surface area contributed by atoms with Gasteiger partial charge in [-0.2, -0.15) is 13.2 Å². The Morgan fingerprint density at radius 3 is 2.52 bits per heavy atom. The molecule has 2 aromatic carbocycles. The summed E-state index contributed by atoms with van der Waals surface area (Å²) in [6.45, 7) is -0.716. The van der Waals surface area contributed by atoms with Gasteiger partial charge in [0.25, 0.3) is 5.91 Å². The molecule has 2 aromatic rings. The molecule has 2 amide bonds. The summed E-state index contributed by atoms with van der Waals surface area (Å²) in [7, 11) is 1.40. The Hall–Kier alpha value is -2.55. The van der Waals surface area contributed by atoms with Crippen molar-refractivity contribution in [2.45, 2.75) is 6.18 Å². The highest BCUT2D eigenvalue weighted by molar-refractivity contribution is 9.10. The molecule has 27 heavy (non-hydrogen) atoms. The smallest absolute Gasteiger partial charge is 0.416 e. The minimum Gasteiger partial charge on any atom is -0.484 e. The molecule has 0 saturated carbocycles. The van der Waals surface area contributed by atoms with Gasteiger partial charge in [-0.15, -0.1) is 0 Å². The van der Waals surface area contributed by atoms with Crippen LogP contribution in [0, 0.1) is 0 Å². The predicted octanol–water partition coefficient (Wildman–Crippen LogP) is 3.94. The lowest BCUT2D eigenvalue weighted by Crippen LogP contribution is -2.37. The number of hydrogen-bond acceptors (Lipinski definition) is 3. The predicted molar refractivity (Wildman–Crippen MR) is 97.3 cm³/mol. The van der Waals surface area contributed by atoms with Crippen molar-refractivity contribution in [2.75, 3.05) is 25.5 Å². The average molecular weight is 445 g/mol. The van der Waals surface area contributed by atoms with E-state index < -0.39 is 30.2 Å². The van der Waals surface area contributed by atoms with E-state index >= 15 is 0 Å². The van der Waals surface area contributed by atoms with Crippen molar-refractivity contribution in [3.8, 4) is 5.75 Å². The zero-order valence-electron chi connectivity index (χ0n) is 14.2. The first-order valence-electron chi connectivity index (χ1n) is 7.75. The van der Waals surface area contributed by atoms with Gasteiger partial charge in [-0.25, -0.2) is 0 Å². The van der Waals surface area contributed by atoms with E-state index in [0.717, 1.165) is 17.0 Å². The summed E-state index contributed by atoms with van der Waals surface area (Å²) in [5, 5.41) is 2.65. The van der Waals surface area contributed by atoms with Gasteiger partial charge >= 0.3 is 6.18 Å². The third-order valence-electron chi connectivity index (χ3n) is 3.48. The van der Waals surface area contributed by atoms with Crippen LogP contribution in [0.4, 0.5) is 18.9 Å². The molecule has 0 fully saturated rings. The Morgan fingerprint density at radius 2 is 1.85 bits per heavy atom. The largest absolute Gasteiger partial charge is 0.484 e. The number of amides is 2. The number of likely N-dealkylation sites (N-methyl/N-ethyl adjacent to an activating group) is 1. The molecule has 0 aliphatic carbocycles. The van der Waals surface area contributed by atoms with Crippen molar-refractivity contribution in [2.24, 2.45) is 0 Å². The number of rotatable bonds is 6. The zero-order valence-corrected chi connectivity index (χ0v) is 15.8. The summed E-state index contributed by atoms with van der Waals surface area (Å²) in [6, 6.07) is 11.2. The maximum atomic E-state index is 12.7. The number of ether oxygens (including phenoxy) is 1. The summed E-state index contributed by atoms with van der Waals surface area (Å²) in [5.74, 6) is -1.05. The minimum atomic E-state index is -4.50. The van der Waals surface area contributed by atoms with Crippen LogP contribution in [0.15, 0.2) is 53.0 Å². The molecule has 2 rings (SSSR count). The fourth-order valence-electron chi connectivity index (χ4n) is 2.07. The van der Waals surface area contributed by atoms with Crippen LogP contribution >= 0.6 is 15.9 Å². The van der Waals surface area contributed by atoms with E-state index in [1.807, 2.05) is 0 Å². The lowest BCUT2D eigenvalue weighted by Gasteiger charge is -2.17. The van der Waals surface area contributed by atoms with Crippen molar-refractivity contribution in [1.29, 1.82) is 0 Å². The van der Waals surface area contributed by atoms with Gasteiger partial charge in [-0.3, -0.25) is 9.59 Å². The molecule has 0 saturated heterocycles. The number of para-hydroxylation sites is 1. The fourth-order valence-corrected chi connectivity index (χ4v) is 2.46. The molecule has 1 N–H and O–H groups in total. The molecule has 0 heterocycles. The SMILES string of the molecule is CN(CC(=O)Nc1ccccc1Br)C(=O)COc1cccc(C(F)(F)F)c1. The number of nitrogens with zero attached hydrogens (tertiary/aromatic N) is 1. The maximum Gasteiger partial charge on any atom is 0.416 e. The monoisotopic (exact) mass is 444 g/mol. The number of alkyl halides is 3. The van der Waals surface area contributed by atoms with E-state index in [0.29, 0.717) is 10.2 Å². The van der Waals surface area contributed by atoms with Crippen LogP contribution in [0.5, 0.6) is 5.75 Å². The van der Waals surface area contributed by atoms with E-state index in [9.17, 15) is 22.8 Å². The van der Waals surface area contributed by atoms with Gasteiger partial charge in [0.2, 0.25) is 5.91 Å². The molecule has 0 aliphatic heterocycles. The molecular formula is C18H16BrF3N2O3. The molecule has 0 unspecified atom stereocenters. The summed E-state index contributed by atoms with van der Waals surface area (Å²) in [6.07, 6.45) is -4.50. The van der Waals surface area contributed by atoms with E-state index in [4.69, 9.17) is 4.74 Å². The number of carbonyl (C=O) groups is 2. The van der Waals surface area contributed by atoms with Gasteiger partial charge in [0.05, 0.1) is 17.8 Å². The normalized spacial score (nSPS) is 11.0. The molecular weight excluding hydrogens is 429 g/mol. The third-order valence-corrected chi connectivity index (χ3v) is 4.17. The average Bonchev–Trinajstić information content (AvgIpc) is 2.61. The van der Waals surface area contributed by atoms with Crippen LogP contribution < -0.4 is 10.1 Å². The first-order valence-corrected chi connectivity index (χ1v) is 8.54. The van der Waals surface area contributed by atoms with Crippen LogP contribution in [0.2, 0.25) is 0 Å². The lowest BCUT2D eigenvalue weighted by atomic mass is 10.2. The number of carbonyl (C=O) groups excluding carboxylic acids is 2. The molecule has 0 atom stereocenters. The number of halogens is 4. The van der Waals surface area contributed by atoms with Crippen molar-refractivity contribution in [3.05, 3.63) is 58.6 Å². The first-order chi connectivity index (χ1) is 12.7. The van der Waals surface area contributed by atoms with Crippen molar-refractivity contribution in [1.82, 2.24) is 4.90 Å². The number of hydrogen-bond donors (Lipinski definition) is 1. The van der Waals surface area contributed by atoms with Crippen molar-refractivity contribution < 1.29 is 27.5 Å². The molecule has 0 spiro atoms. The van der Waals surface area contributed by atoms with E-state index in [1.165, 1.54) is 19.2 Å². The Bertz CT molecular complexity index is 827. The standard InChI is InChI=1S/C18H16BrF3N2O3/c1-24(10-16(25)23-15-8-3-2-7-14(15)19)17(26)11-27-13-6-4-5-12(9-13)18(20,21)22/h2-9H,10-11H2,1H3,(H,23,25). The van der Waals surface area contributed by atoms with Crippen LogP contribution in [0.1, 0.15) is 5.56 Å². The maximum absolute atomic E-state index is 12.7. The Kier molecular flexibility index (Phi) is 6.84. The molecule has 144 valence electrons. The van der Waals surface area contributed by atoms with Crippen molar-refractivity contribution in [3.63, 3.8) is 0 Å². The van der Waals surface area contributed by atoms with E-state index in [1.54, 1.807) is 24.3 Å². The molecule has 0 radical (unpaired) electrons. The first kappa shape index (κ1) is 20.8. The second-order valence-corrected chi connectivity index (χ2v) is 6.45. The highest BCUT2D eigenvalue weighted by Gasteiger charge is 2.30. The Labute approximate surface area is 162 Å². The van der Waals surface area contributed by atoms with E-state index in [-0.39, 0.29) is 12.3 Å². The Morgan fingerprint density at radius 1 is 1.15 bits per heavy atom. The number of anilines is 1. The summed E-state index contributed by atoms with van der Waals surface area (Å²) >= 11 is 3.30. The highest BCUT2D eigenvalue weighted by atomic mass is 79.9. The van der Waals surface area contributed by atoms with Gasteiger partial charge in [-0.05, 0) is 46.3 Å². The summed E-state index contributed by atoms with van der Waals surface area (Å²) in [4.78, 5) is 25.2. The second kappa shape index (κ2) is 8.90. The molecule has 0 aliphatic rings. The van der Waals surface area contributed by atoms with Gasteiger partial charge in [0, 0.05) is 11.5 Å². The molecule has 0 bridgehead atoms. The van der Waals surface area contributed by atoms with Gasteiger partial charge in [0.1, 0.15) is 5.75 Å². The molecule has 9 heteroatoms. The minimum absolute atomic E-state index is 0.0794. The van der Waals surface area contributed by atoms with Crippen LogP contribution in [0.25, 0.3) is 0 Å².